The van der Waals surface area contributed by atoms with Crippen molar-refractivity contribution in [3.8, 4) is 0 Å². The lowest BCUT2D eigenvalue weighted by molar-refractivity contribution is -0.122. The van der Waals surface area contributed by atoms with Gasteiger partial charge in [-0.15, -0.1) is 0 Å². The van der Waals surface area contributed by atoms with E-state index >= 15 is 0 Å². The molecule has 3 N–H and O–H groups in total. The average molecular weight is 419 g/mol. The van der Waals surface area contributed by atoms with E-state index in [1.165, 1.54) is 16.7 Å². The minimum atomic E-state index is -0.364. The maximum Gasteiger partial charge on any atom is 0.232 e. The first-order valence-corrected chi connectivity index (χ1v) is 11.0. The van der Waals surface area contributed by atoms with Gasteiger partial charge in [0, 0.05) is 11.6 Å². The minimum Gasteiger partial charge on any atom is -0.399 e. The normalized spacial score (nSPS) is 17.2. The second-order valence-corrected chi connectivity index (χ2v) is 8.42. The van der Waals surface area contributed by atoms with Crippen molar-refractivity contribution in [3.05, 3.63) is 137 Å². The monoisotopic (exact) mass is 418 g/mol. The lowest BCUT2D eigenvalue weighted by atomic mass is 9.88. The van der Waals surface area contributed by atoms with Crippen LogP contribution >= 0.6 is 0 Å². The van der Waals surface area contributed by atoms with Crippen LogP contribution in [0.4, 0.5) is 5.69 Å². The van der Waals surface area contributed by atoms with Crippen LogP contribution in [0.5, 0.6) is 0 Å². The quantitative estimate of drug-likeness (QED) is 0.415. The molecule has 1 amide bonds. The first kappa shape index (κ1) is 20.1. The average Bonchev–Trinajstić information content (AvgIpc) is 3.19. The molecule has 1 aliphatic rings. The SMILES string of the molecule is Nc1ccc([C@@H]2Cc3ccccc3[C@H]2NC(=O)C(c2ccccc2)c2ccccc2)cc1. The zero-order chi connectivity index (χ0) is 21.9. The van der Waals surface area contributed by atoms with Crippen LogP contribution in [0.25, 0.3) is 0 Å². The van der Waals surface area contributed by atoms with Crippen LogP contribution in [0.2, 0.25) is 0 Å². The molecule has 3 heteroatoms. The first-order chi connectivity index (χ1) is 15.7. The Bertz CT molecular complexity index is 1160. The molecule has 0 heterocycles. The summed E-state index contributed by atoms with van der Waals surface area (Å²) in [6.45, 7) is 0. The van der Waals surface area contributed by atoms with Crippen LogP contribution in [-0.4, -0.2) is 5.91 Å². The van der Waals surface area contributed by atoms with Crippen LogP contribution in [0.1, 0.15) is 45.7 Å². The zero-order valence-corrected chi connectivity index (χ0v) is 17.8. The molecule has 5 rings (SSSR count). The van der Waals surface area contributed by atoms with E-state index in [4.69, 9.17) is 5.73 Å². The number of anilines is 1. The number of benzene rings is 4. The third-order valence-electron chi connectivity index (χ3n) is 6.42. The van der Waals surface area contributed by atoms with Crippen molar-refractivity contribution < 1.29 is 4.79 Å². The van der Waals surface area contributed by atoms with E-state index in [0.717, 1.165) is 23.2 Å². The Morgan fingerprint density at radius 3 is 1.94 bits per heavy atom. The smallest absolute Gasteiger partial charge is 0.232 e. The Kier molecular flexibility index (Phi) is 5.47. The summed E-state index contributed by atoms with van der Waals surface area (Å²) >= 11 is 0. The molecule has 0 unspecified atom stereocenters. The highest BCUT2D eigenvalue weighted by Crippen LogP contribution is 2.43. The molecule has 0 bridgehead atoms. The topological polar surface area (TPSA) is 55.1 Å². The van der Waals surface area contributed by atoms with E-state index in [1.54, 1.807) is 0 Å². The van der Waals surface area contributed by atoms with Gasteiger partial charge in [0.25, 0.3) is 0 Å². The highest BCUT2D eigenvalue weighted by Gasteiger charge is 2.36. The molecule has 3 nitrogen and oxygen atoms in total. The fourth-order valence-electron chi connectivity index (χ4n) is 4.85. The molecular weight excluding hydrogens is 392 g/mol. The molecule has 0 saturated heterocycles. The molecule has 1 aliphatic carbocycles. The van der Waals surface area contributed by atoms with E-state index in [0.29, 0.717) is 0 Å². The summed E-state index contributed by atoms with van der Waals surface area (Å²) in [4.78, 5) is 13.8. The largest absolute Gasteiger partial charge is 0.399 e. The molecular formula is C29H26N2O. The second kappa shape index (κ2) is 8.72. The van der Waals surface area contributed by atoms with Gasteiger partial charge in [-0.1, -0.05) is 97.1 Å². The highest BCUT2D eigenvalue weighted by atomic mass is 16.2. The van der Waals surface area contributed by atoms with Gasteiger partial charge in [0.1, 0.15) is 0 Å². The fourth-order valence-corrected chi connectivity index (χ4v) is 4.85. The molecule has 0 saturated carbocycles. The van der Waals surface area contributed by atoms with E-state index in [2.05, 4.69) is 41.7 Å². The minimum absolute atomic E-state index is 0.0181. The van der Waals surface area contributed by atoms with Gasteiger partial charge in [0.15, 0.2) is 0 Å². The Hall–Kier alpha value is -3.85. The number of hydrogen-bond donors (Lipinski definition) is 2. The van der Waals surface area contributed by atoms with Crippen molar-refractivity contribution in [2.75, 3.05) is 5.73 Å². The van der Waals surface area contributed by atoms with E-state index in [1.807, 2.05) is 72.8 Å². The maximum absolute atomic E-state index is 13.8. The van der Waals surface area contributed by atoms with Crippen LogP contribution in [0, 0.1) is 0 Å². The third kappa shape index (κ3) is 3.90. The van der Waals surface area contributed by atoms with Crippen molar-refractivity contribution in [1.29, 1.82) is 0 Å². The van der Waals surface area contributed by atoms with Crippen LogP contribution in [0.15, 0.2) is 109 Å². The number of carbonyl (C=O) groups is 1. The van der Waals surface area contributed by atoms with Gasteiger partial charge in [-0.05, 0) is 46.4 Å². The van der Waals surface area contributed by atoms with Crippen LogP contribution in [-0.2, 0) is 11.2 Å². The Morgan fingerprint density at radius 2 is 1.31 bits per heavy atom. The third-order valence-corrected chi connectivity index (χ3v) is 6.42. The van der Waals surface area contributed by atoms with Gasteiger partial charge in [-0.25, -0.2) is 0 Å². The summed E-state index contributed by atoms with van der Waals surface area (Å²) in [5.41, 5.74) is 12.3. The molecule has 0 fully saturated rings. The second-order valence-electron chi connectivity index (χ2n) is 8.42. The van der Waals surface area contributed by atoms with Gasteiger partial charge >= 0.3 is 0 Å². The Morgan fingerprint density at radius 1 is 0.750 bits per heavy atom. The molecule has 2 atom stereocenters. The van der Waals surface area contributed by atoms with Crippen LogP contribution in [0.3, 0.4) is 0 Å². The van der Waals surface area contributed by atoms with Gasteiger partial charge in [-0.2, -0.15) is 0 Å². The van der Waals surface area contributed by atoms with Gasteiger partial charge < -0.3 is 11.1 Å². The molecule has 4 aromatic rings. The fraction of sp³-hybridized carbons (Fsp3) is 0.138. The number of fused-ring (bicyclic) bond motifs is 1. The Balaban J connectivity index is 1.51. The van der Waals surface area contributed by atoms with Gasteiger partial charge in [-0.3, -0.25) is 4.79 Å². The predicted molar refractivity (Wildman–Crippen MR) is 129 cm³/mol. The summed E-state index contributed by atoms with van der Waals surface area (Å²) in [5.74, 6) is -0.175. The zero-order valence-electron chi connectivity index (χ0n) is 17.8. The molecule has 0 aromatic heterocycles. The molecule has 0 radical (unpaired) electrons. The summed E-state index contributed by atoms with van der Waals surface area (Å²) in [5, 5.41) is 3.43. The number of nitrogens with two attached hydrogens (primary N) is 1. The van der Waals surface area contributed by atoms with Gasteiger partial charge in [0.2, 0.25) is 5.91 Å². The number of rotatable bonds is 5. The summed E-state index contributed by atoms with van der Waals surface area (Å²) in [6, 6.07) is 36.4. The molecule has 0 spiro atoms. The number of carbonyl (C=O) groups excluding carboxylic acids is 1. The number of hydrogen-bond acceptors (Lipinski definition) is 2. The lowest BCUT2D eigenvalue weighted by Crippen LogP contribution is -2.35. The van der Waals surface area contributed by atoms with Crippen molar-refractivity contribution in [1.82, 2.24) is 5.32 Å². The highest BCUT2D eigenvalue weighted by molar-refractivity contribution is 5.87. The van der Waals surface area contributed by atoms with Crippen molar-refractivity contribution >= 4 is 11.6 Å². The molecule has 0 aliphatic heterocycles. The molecule has 158 valence electrons. The standard InChI is InChI=1S/C29H26N2O/c30-24-17-15-20(16-18-24)26-19-23-13-7-8-14-25(23)28(26)31-29(32)27(21-9-3-1-4-10-21)22-11-5-2-6-12-22/h1-18,26-28H,19,30H2,(H,31,32)/t26-,28+/m0/s1. The van der Waals surface area contributed by atoms with E-state index in [-0.39, 0.29) is 23.8 Å². The summed E-state index contributed by atoms with van der Waals surface area (Å²) < 4.78 is 0. The van der Waals surface area contributed by atoms with Crippen molar-refractivity contribution in [2.45, 2.75) is 24.3 Å². The van der Waals surface area contributed by atoms with E-state index < -0.39 is 0 Å². The number of nitrogen functional groups attached to an aromatic ring is 1. The summed E-state index contributed by atoms with van der Waals surface area (Å²) in [7, 11) is 0. The number of amides is 1. The molecule has 4 aromatic carbocycles. The maximum atomic E-state index is 13.8. The van der Waals surface area contributed by atoms with Crippen molar-refractivity contribution in [2.24, 2.45) is 0 Å². The number of nitrogens with one attached hydrogen (secondary N) is 1. The first-order valence-electron chi connectivity index (χ1n) is 11.0. The lowest BCUT2D eigenvalue weighted by Gasteiger charge is -2.26. The van der Waals surface area contributed by atoms with E-state index in [9.17, 15) is 4.79 Å². The van der Waals surface area contributed by atoms with Crippen LogP contribution < -0.4 is 11.1 Å². The molecule has 32 heavy (non-hydrogen) atoms. The summed E-state index contributed by atoms with van der Waals surface area (Å²) in [6.07, 6.45) is 0.895. The predicted octanol–water partition coefficient (Wildman–Crippen LogP) is 5.60. The van der Waals surface area contributed by atoms with Gasteiger partial charge in [0.05, 0.1) is 12.0 Å². The Labute approximate surface area is 188 Å². The van der Waals surface area contributed by atoms with Crippen molar-refractivity contribution in [3.63, 3.8) is 0 Å².